The number of hydrogen-bond acceptors (Lipinski definition) is 5. The molecule has 24 heavy (non-hydrogen) atoms. The smallest absolute Gasteiger partial charge is 0.242 e. The van der Waals surface area contributed by atoms with Crippen LogP contribution in [-0.2, 0) is 16.1 Å². The van der Waals surface area contributed by atoms with Crippen LogP contribution in [0.25, 0.3) is 0 Å². The number of aryl methyl sites for hydroxylation is 1. The number of benzene rings is 1. The van der Waals surface area contributed by atoms with Crippen molar-refractivity contribution in [3.05, 3.63) is 36.2 Å². The standard InChI is InChI=1S/C16H19N5O3/c1-11-8-20(19-18-11)10-15(22)17-12-6-16(23)21(9-12)13-4-3-5-14(7-13)24-2/h3-5,7-8,12H,6,9-10H2,1-2H3,(H,17,22)/t12-/m1/s1. The Morgan fingerprint density at radius 2 is 2.29 bits per heavy atom. The van der Waals surface area contributed by atoms with E-state index in [0.29, 0.717) is 12.3 Å². The van der Waals surface area contributed by atoms with Gasteiger partial charge in [-0.1, -0.05) is 11.3 Å². The van der Waals surface area contributed by atoms with E-state index in [1.807, 2.05) is 25.1 Å². The highest BCUT2D eigenvalue weighted by molar-refractivity contribution is 5.97. The fourth-order valence-electron chi connectivity index (χ4n) is 2.73. The summed E-state index contributed by atoms with van der Waals surface area (Å²) in [6.45, 7) is 2.34. The third kappa shape index (κ3) is 3.53. The van der Waals surface area contributed by atoms with Gasteiger partial charge >= 0.3 is 0 Å². The Bertz CT molecular complexity index is 758. The summed E-state index contributed by atoms with van der Waals surface area (Å²) in [6, 6.07) is 7.09. The minimum atomic E-state index is -0.221. The molecule has 0 saturated carbocycles. The van der Waals surface area contributed by atoms with Crippen LogP contribution in [0.15, 0.2) is 30.5 Å². The molecule has 0 unspecified atom stereocenters. The highest BCUT2D eigenvalue weighted by atomic mass is 16.5. The van der Waals surface area contributed by atoms with E-state index in [9.17, 15) is 9.59 Å². The van der Waals surface area contributed by atoms with E-state index < -0.39 is 0 Å². The zero-order chi connectivity index (χ0) is 17.1. The largest absolute Gasteiger partial charge is 0.497 e. The Hall–Kier alpha value is -2.90. The molecule has 2 aromatic rings. The Morgan fingerprint density at radius 3 is 3.00 bits per heavy atom. The lowest BCUT2D eigenvalue weighted by Gasteiger charge is -2.18. The monoisotopic (exact) mass is 329 g/mol. The van der Waals surface area contributed by atoms with Gasteiger partial charge in [0.15, 0.2) is 0 Å². The van der Waals surface area contributed by atoms with Crippen LogP contribution in [0, 0.1) is 6.92 Å². The summed E-state index contributed by atoms with van der Waals surface area (Å²) < 4.78 is 6.66. The molecular weight excluding hydrogens is 310 g/mol. The van der Waals surface area contributed by atoms with Gasteiger partial charge in [-0.15, -0.1) is 5.10 Å². The lowest BCUT2D eigenvalue weighted by atomic mass is 10.2. The molecule has 0 radical (unpaired) electrons. The van der Waals surface area contributed by atoms with Gasteiger partial charge in [-0.2, -0.15) is 0 Å². The fourth-order valence-corrected chi connectivity index (χ4v) is 2.73. The number of carbonyl (C=O) groups is 2. The van der Waals surface area contributed by atoms with E-state index in [4.69, 9.17) is 4.74 Å². The molecule has 1 aliphatic rings. The topological polar surface area (TPSA) is 89.3 Å². The van der Waals surface area contributed by atoms with Crippen molar-refractivity contribution in [2.75, 3.05) is 18.6 Å². The number of methoxy groups -OCH3 is 1. The highest BCUT2D eigenvalue weighted by Gasteiger charge is 2.31. The van der Waals surface area contributed by atoms with Crippen LogP contribution in [-0.4, -0.2) is 46.5 Å². The molecule has 1 aromatic carbocycles. The second-order valence-corrected chi connectivity index (χ2v) is 5.73. The van der Waals surface area contributed by atoms with Crippen molar-refractivity contribution in [3.63, 3.8) is 0 Å². The first-order valence-electron chi connectivity index (χ1n) is 7.65. The maximum atomic E-state index is 12.2. The number of carbonyl (C=O) groups excluding carboxylic acids is 2. The SMILES string of the molecule is COc1cccc(N2C[C@H](NC(=O)Cn3cc(C)nn3)CC2=O)c1. The van der Waals surface area contributed by atoms with Gasteiger partial charge in [0.05, 0.1) is 18.8 Å². The summed E-state index contributed by atoms with van der Waals surface area (Å²) in [5, 5.41) is 10.6. The van der Waals surface area contributed by atoms with E-state index in [1.54, 1.807) is 24.3 Å². The first kappa shape index (κ1) is 16.0. The van der Waals surface area contributed by atoms with Crippen molar-refractivity contribution in [1.82, 2.24) is 20.3 Å². The van der Waals surface area contributed by atoms with Gasteiger partial charge in [-0.3, -0.25) is 9.59 Å². The number of amides is 2. The Balaban J connectivity index is 1.60. The molecule has 1 atom stereocenters. The summed E-state index contributed by atoms with van der Waals surface area (Å²) in [5.41, 5.74) is 1.52. The highest BCUT2D eigenvalue weighted by Crippen LogP contribution is 2.25. The normalized spacial score (nSPS) is 17.2. The molecule has 0 bridgehead atoms. The van der Waals surface area contributed by atoms with E-state index in [1.165, 1.54) is 4.68 Å². The van der Waals surface area contributed by atoms with Crippen molar-refractivity contribution in [1.29, 1.82) is 0 Å². The van der Waals surface area contributed by atoms with Crippen molar-refractivity contribution in [2.45, 2.75) is 25.9 Å². The molecule has 0 aliphatic carbocycles. The number of aromatic nitrogens is 3. The van der Waals surface area contributed by atoms with E-state index in [0.717, 1.165) is 11.4 Å². The lowest BCUT2D eigenvalue weighted by Crippen LogP contribution is -2.39. The van der Waals surface area contributed by atoms with Crippen LogP contribution in [0.3, 0.4) is 0 Å². The molecule has 3 rings (SSSR count). The summed E-state index contributed by atoms with van der Waals surface area (Å²) >= 11 is 0. The van der Waals surface area contributed by atoms with Crippen molar-refractivity contribution < 1.29 is 14.3 Å². The van der Waals surface area contributed by atoms with Gasteiger partial charge in [0.25, 0.3) is 0 Å². The molecule has 2 amide bonds. The quantitative estimate of drug-likeness (QED) is 0.864. The van der Waals surface area contributed by atoms with Crippen LogP contribution >= 0.6 is 0 Å². The Morgan fingerprint density at radius 1 is 1.46 bits per heavy atom. The van der Waals surface area contributed by atoms with Gasteiger partial charge in [-0.25, -0.2) is 4.68 Å². The lowest BCUT2D eigenvalue weighted by molar-refractivity contribution is -0.122. The summed E-state index contributed by atoms with van der Waals surface area (Å²) in [6.07, 6.45) is 1.97. The molecule has 1 aliphatic heterocycles. The maximum absolute atomic E-state index is 12.2. The van der Waals surface area contributed by atoms with Crippen molar-refractivity contribution in [2.24, 2.45) is 0 Å². The molecule has 1 aromatic heterocycles. The third-order valence-electron chi connectivity index (χ3n) is 3.81. The molecule has 2 heterocycles. The zero-order valence-corrected chi connectivity index (χ0v) is 13.6. The molecule has 1 N–H and O–H groups in total. The van der Waals surface area contributed by atoms with Crippen LogP contribution in [0.5, 0.6) is 5.75 Å². The van der Waals surface area contributed by atoms with Crippen molar-refractivity contribution >= 4 is 17.5 Å². The number of nitrogens with one attached hydrogen (secondary N) is 1. The van der Waals surface area contributed by atoms with Gasteiger partial charge < -0.3 is 15.0 Å². The summed E-state index contributed by atoms with van der Waals surface area (Å²) in [7, 11) is 1.58. The fraction of sp³-hybridized carbons (Fsp3) is 0.375. The minimum Gasteiger partial charge on any atom is -0.497 e. The number of hydrogen-bond donors (Lipinski definition) is 1. The second-order valence-electron chi connectivity index (χ2n) is 5.73. The Labute approximate surface area is 139 Å². The predicted molar refractivity (Wildman–Crippen MR) is 86.7 cm³/mol. The second kappa shape index (κ2) is 6.69. The van der Waals surface area contributed by atoms with Crippen LogP contribution in [0.4, 0.5) is 5.69 Å². The van der Waals surface area contributed by atoms with E-state index in [-0.39, 0.29) is 30.8 Å². The summed E-state index contributed by atoms with van der Waals surface area (Å²) in [4.78, 5) is 26.0. The van der Waals surface area contributed by atoms with Crippen LogP contribution in [0.1, 0.15) is 12.1 Å². The number of nitrogens with zero attached hydrogens (tertiary/aromatic N) is 4. The van der Waals surface area contributed by atoms with Crippen LogP contribution < -0.4 is 15.0 Å². The van der Waals surface area contributed by atoms with E-state index in [2.05, 4.69) is 15.6 Å². The first-order valence-corrected chi connectivity index (χ1v) is 7.65. The van der Waals surface area contributed by atoms with Crippen molar-refractivity contribution in [3.8, 4) is 5.75 Å². The predicted octanol–water partition coefficient (Wildman–Crippen LogP) is 0.517. The minimum absolute atomic E-state index is 0.0230. The van der Waals surface area contributed by atoms with Gasteiger partial charge in [-0.05, 0) is 19.1 Å². The van der Waals surface area contributed by atoms with Gasteiger partial charge in [0.1, 0.15) is 12.3 Å². The van der Waals surface area contributed by atoms with Gasteiger partial charge in [0, 0.05) is 30.9 Å². The zero-order valence-electron chi connectivity index (χ0n) is 13.6. The third-order valence-corrected chi connectivity index (χ3v) is 3.81. The average Bonchev–Trinajstić information content (AvgIpc) is 3.12. The molecule has 0 spiro atoms. The molecule has 8 nitrogen and oxygen atoms in total. The maximum Gasteiger partial charge on any atom is 0.242 e. The molecular formula is C16H19N5O3. The number of anilines is 1. The number of ether oxygens (including phenoxy) is 1. The molecule has 126 valence electrons. The molecule has 1 fully saturated rings. The van der Waals surface area contributed by atoms with Gasteiger partial charge in [0.2, 0.25) is 11.8 Å². The Kier molecular flexibility index (Phi) is 4.45. The van der Waals surface area contributed by atoms with Crippen LogP contribution in [0.2, 0.25) is 0 Å². The molecule has 1 saturated heterocycles. The first-order chi connectivity index (χ1) is 11.5. The van der Waals surface area contributed by atoms with E-state index >= 15 is 0 Å². The number of rotatable bonds is 5. The summed E-state index contributed by atoms with van der Waals surface area (Å²) in [5.74, 6) is 0.477. The molecule has 8 heteroatoms. The average molecular weight is 329 g/mol.